The van der Waals surface area contributed by atoms with Crippen molar-refractivity contribution in [3.05, 3.63) is 29.6 Å². The SMILES string of the molecule is COc1cccc(F)c1C(O)CCN1CCC(C(C)O)C1. The second-order valence-corrected chi connectivity index (χ2v) is 5.75. The fourth-order valence-corrected chi connectivity index (χ4v) is 2.93. The first-order valence-electron chi connectivity index (χ1n) is 7.43. The van der Waals surface area contributed by atoms with Crippen LogP contribution >= 0.6 is 0 Å². The van der Waals surface area contributed by atoms with Gasteiger partial charge in [-0.25, -0.2) is 4.39 Å². The maximum atomic E-state index is 13.9. The van der Waals surface area contributed by atoms with Gasteiger partial charge < -0.3 is 19.8 Å². The van der Waals surface area contributed by atoms with Gasteiger partial charge in [-0.05, 0) is 44.4 Å². The number of benzene rings is 1. The van der Waals surface area contributed by atoms with E-state index in [0.29, 0.717) is 24.6 Å². The molecule has 1 heterocycles. The molecule has 0 aliphatic carbocycles. The van der Waals surface area contributed by atoms with Gasteiger partial charge in [-0.2, -0.15) is 0 Å². The summed E-state index contributed by atoms with van der Waals surface area (Å²) in [6.07, 6.45) is 0.235. The van der Waals surface area contributed by atoms with Crippen LogP contribution in [0.3, 0.4) is 0 Å². The third-order valence-electron chi connectivity index (χ3n) is 4.28. The highest BCUT2D eigenvalue weighted by Gasteiger charge is 2.27. The smallest absolute Gasteiger partial charge is 0.132 e. The molecule has 1 aromatic carbocycles. The van der Waals surface area contributed by atoms with Gasteiger partial charge in [0.1, 0.15) is 11.6 Å². The van der Waals surface area contributed by atoms with Gasteiger partial charge in [0.05, 0.1) is 24.9 Å². The molecule has 3 unspecified atom stereocenters. The van der Waals surface area contributed by atoms with Gasteiger partial charge >= 0.3 is 0 Å². The molecule has 1 fully saturated rings. The van der Waals surface area contributed by atoms with Crippen molar-refractivity contribution in [2.75, 3.05) is 26.7 Å². The summed E-state index contributed by atoms with van der Waals surface area (Å²) in [5.41, 5.74) is 0.228. The number of rotatable bonds is 6. The van der Waals surface area contributed by atoms with Crippen molar-refractivity contribution in [3.63, 3.8) is 0 Å². The Hall–Kier alpha value is -1.17. The van der Waals surface area contributed by atoms with Crippen molar-refractivity contribution in [3.8, 4) is 5.75 Å². The van der Waals surface area contributed by atoms with Gasteiger partial charge in [0, 0.05) is 13.1 Å². The molecule has 21 heavy (non-hydrogen) atoms. The van der Waals surface area contributed by atoms with Crippen LogP contribution in [-0.4, -0.2) is 48.0 Å². The zero-order valence-corrected chi connectivity index (χ0v) is 12.6. The van der Waals surface area contributed by atoms with E-state index < -0.39 is 11.9 Å². The van der Waals surface area contributed by atoms with E-state index in [2.05, 4.69) is 4.90 Å². The number of halogens is 1. The van der Waals surface area contributed by atoms with Crippen LogP contribution in [0.1, 0.15) is 31.4 Å². The molecule has 0 spiro atoms. The molecule has 1 saturated heterocycles. The molecule has 0 bridgehead atoms. The van der Waals surface area contributed by atoms with Crippen LogP contribution in [0.2, 0.25) is 0 Å². The maximum absolute atomic E-state index is 13.9. The number of aliphatic hydroxyl groups excluding tert-OH is 2. The van der Waals surface area contributed by atoms with E-state index >= 15 is 0 Å². The Labute approximate surface area is 125 Å². The second-order valence-electron chi connectivity index (χ2n) is 5.75. The molecular weight excluding hydrogens is 273 g/mol. The van der Waals surface area contributed by atoms with Crippen LogP contribution in [0.15, 0.2) is 18.2 Å². The van der Waals surface area contributed by atoms with E-state index in [4.69, 9.17) is 4.74 Å². The van der Waals surface area contributed by atoms with E-state index in [9.17, 15) is 14.6 Å². The zero-order chi connectivity index (χ0) is 15.4. The van der Waals surface area contributed by atoms with Gasteiger partial charge in [0.25, 0.3) is 0 Å². The first-order chi connectivity index (χ1) is 10.0. The standard InChI is InChI=1S/C16H24FNO3/c1-11(19)12-6-8-18(10-12)9-7-14(20)16-13(17)4-3-5-15(16)21-2/h3-5,11-12,14,19-20H,6-10H2,1-2H3. The molecule has 0 radical (unpaired) electrons. The summed E-state index contributed by atoms with van der Waals surface area (Å²) in [6, 6.07) is 4.56. The predicted molar refractivity (Wildman–Crippen MR) is 78.8 cm³/mol. The monoisotopic (exact) mass is 297 g/mol. The van der Waals surface area contributed by atoms with Crippen LogP contribution in [0.5, 0.6) is 5.75 Å². The molecule has 4 nitrogen and oxygen atoms in total. The van der Waals surface area contributed by atoms with Crippen LogP contribution in [0.25, 0.3) is 0 Å². The predicted octanol–water partition coefficient (Wildman–Crippen LogP) is 1.96. The largest absolute Gasteiger partial charge is 0.496 e. The highest BCUT2D eigenvalue weighted by atomic mass is 19.1. The number of ether oxygens (including phenoxy) is 1. The van der Waals surface area contributed by atoms with Crippen LogP contribution in [0, 0.1) is 11.7 Å². The Bertz CT molecular complexity index is 467. The minimum absolute atomic E-state index is 0.228. The van der Waals surface area contributed by atoms with Gasteiger partial charge in [-0.3, -0.25) is 0 Å². The Morgan fingerprint density at radius 2 is 2.19 bits per heavy atom. The molecule has 0 saturated carbocycles. The van der Waals surface area contributed by atoms with Crippen molar-refractivity contribution >= 4 is 0 Å². The van der Waals surface area contributed by atoms with Crippen molar-refractivity contribution in [1.29, 1.82) is 0 Å². The Balaban J connectivity index is 1.92. The quantitative estimate of drug-likeness (QED) is 0.843. The summed E-state index contributed by atoms with van der Waals surface area (Å²) in [4.78, 5) is 2.20. The summed E-state index contributed by atoms with van der Waals surface area (Å²) in [6.45, 7) is 4.24. The minimum atomic E-state index is -0.883. The Morgan fingerprint density at radius 3 is 2.81 bits per heavy atom. The third kappa shape index (κ3) is 3.93. The first-order valence-corrected chi connectivity index (χ1v) is 7.43. The molecule has 118 valence electrons. The molecule has 1 aliphatic rings. The first kappa shape index (κ1) is 16.2. The molecule has 1 aliphatic heterocycles. The lowest BCUT2D eigenvalue weighted by Gasteiger charge is -2.20. The van der Waals surface area contributed by atoms with Gasteiger partial charge in [-0.15, -0.1) is 0 Å². The molecule has 2 rings (SSSR count). The lowest BCUT2D eigenvalue weighted by atomic mass is 10.0. The lowest BCUT2D eigenvalue weighted by Crippen LogP contribution is -2.26. The van der Waals surface area contributed by atoms with E-state index in [-0.39, 0.29) is 11.7 Å². The van der Waals surface area contributed by atoms with E-state index in [1.165, 1.54) is 13.2 Å². The summed E-state index contributed by atoms with van der Waals surface area (Å²) in [5.74, 6) is 0.237. The summed E-state index contributed by atoms with van der Waals surface area (Å²) >= 11 is 0. The van der Waals surface area contributed by atoms with E-state index in [0.717, 1.165) is 19.5 Å². The molecule has 2 N–H and O–H groups in total. The summed E-state index contributed by atoms with van der Waals surface area (Å²) in [5, 5.41) is 19.8. The molecular formula is C16H24FNO3. The van der Waals surface area contributed by atoms with E-state index in [1.54, 1.807) is 12.1 Å². The molecule has 3 atom stereocenters. The maximum Gasteiger partial charge on any atom is 0.132 e. The molecule has 1 aromatic rings. The fourth-order valence-electron chi connectivity index (χ4n) is 2.93. The number of aliphatic hydroxyl groups is 2. The number of methoxy groups -OCH3 is 1. The number of likely N-dealkylation sites (tertiary alicyclic amines) is 1. The topological polar surface area (TPSA) is 52.9 Å². The zero-order valence-electron chi connectivity index (χ0n) is 12.6. The molecule has 0 amide bonds. The highest BCUT2D eigenvalue weighted by Crippen LogP contribution is 2.30. The van der Waals surface area contributed by atoms with Crippen molar-refractivity contribution in [2.24, 2.45) is 5.92 Å². The van der Waals surface area contributed by atoms with Crippen molar-refractivity contribution in [2.45, 2.75) is 32.0 Å². The van der Waals surface area contributed by atoms with Gasteiger partial charge in [-0.1, -0.05) is 6.07 Å². The Morgan fingerprint density at radius 1 is 1.43 bits per heavy atom. The third-order valence-corrected chi connectivity index (χ3v) is 4.28. The minimum Gasteiger partial charge on any atom is -0.496 e. The Kier molecular flexibility index (Phi) is 5.56. The number of nitrogens with zero attached hydrogens (tertiary/aromatic N) is 1. The highest BCUT2D eigenvalue weighted by molar-refractivity contribution is 5.36. The molecule has 0 aromatic heterocycles. The lowest BCUT2D eigenvalue weighted by molar-refractivity contribution is 0.119. The molecule has 5 heteroatoms. The van der Waals surface area contributed by atoms with Crippen molar-refractivity contribution < 1.29 is 19.3 Å². The van der Waals surface area contributed by atoms with Crippen LogP contribution < -0.4 is 4.74 Å². The number of hydrogen-bond acceptors (Lipinski definition) is 4. The summed E-state index contributed by atoms with van der Waals surface area (Å²) in [7, 11) is 1.47. The van der Waals surface area contributed by atoms with Crippen LogP contribution in [0.4, 0.5) is 4.39 Å². The summed E-state index contributed by atoms with van der Waals surface area (Å²) < 4.78 is 19.0. The van der Waals surface area contributed by atoms with Crippen LogP contribution in [-0.2, 0) is 0 Å². The average molecular weight is 297 g/mol. The normalized spacial score (nSPS) is 22.2. The fraction of sp³-hybridized carbons (Fsp3) is 0.625. The van der Waals surface area contributed by atoms with Crippen molar-refractivity contribution in [1.82, 2.24) is 4.90 Å². The van der Waals surface area contributed by atoms with Gasteiger partial charge in [0.15, 0.2) is 0 Å². The van der Waals surface area contributed by atoms with E-state index in [1.807, 2.05) is 6.92 Å². The van der Waals surface area contributed by atoms with Gasteiger partial charge in [0.2, 0.25) is 0 Å². The second kappa shape index (κ2) is 7.20. The average Bonchev–Trinajstić information content (AvgIpc) is 2.93. The number of hydrogen-bond donors (Lipinski definition) is 2.